The van der Waals surface area contributed by atoms with Gasteiger partial charge in [0.2, 0.25) is 0 Å². The van der Waals surface area contributed by atoms with Gasteiger partial charge in [0.15, 0.2) is 0 Å². The molecule has 2 aromatic rings. The number of β-amino-alcohol motifs (C(OH)–C–C–N with tert-alkyl or cyclic N) is 1. The van der Waals surface area contributed by atoms with Crippen LogP contribution in [-0.4, -0.2) is 62.6 Å². The zero-order chi connectivity index (χ0) is 24.2. The number of hydrogen-bond donors (Lipinski definition) is 2. The van der Waals surface area contributed by atoms with Crippen LogP contribution in [0.2, 0.25) is 0 Å². The molecule has 3 heterocycles. The highest BCUT2D eigenvalue weighted by Crippen LogP contribution is 2.37. The molecular weight excluding hydrogens is 421 g/mol. The van der Waals surface area contributed by atoms with E-state index in [1.165, 1.54) is 0 Å². The Balaban J connectivity index is 1.50. The zero-order valence-corrected chi connectivity index (χ0v) is 20.5. The summed E-state index contributed by atoms with van der Waals surface area (Å²) in [5.74, 6) is 0.627. The summed E-state index contributed by atoms with van der Waals surface area (Å²) < 4.78 is 17.8. The second kappa shape index (κ2) is 8.15. The number of carbonyl (C=O) groups is 1. The fourth-order valence-electron chi connectivity index (χ4n) is 4.05. The number of aliphatic hydroxyl groups excluding tert-OH is 1. The molecule has 1 aromatic carbocycles. The van der Waals surface area contributed by atoms with Crippen LogP contribution in [0.25, 0.3) is 11.3 Å². The number of amides is 1. The number of hydrogen-bond acceptors (Lipinski definition) is 6. The van der Waals surface area contributed by atoms with Gasteiger partial charge in [-0.1, -0.05) is 24.3 Å². The molecule has 2 aliphatic heterocycles. The molecule has 1 amide bonds. The van der Waals surface area contributed by atoms with E-state index in [1.54, 1.807) is 11.1 Å². The smallest absolute Gasteiger partial charge is 0.444 e. The van der Waals surface area contributed by atoms with Crippen LogP contribution in [0.1, 0.15) is 66.8 Å². The van der Waals surface area contributed by atoms with Crippen molar-refractivity contribution in [1.82, 2.24) is 14.9 Å². The van der Waals surface area contributed by atoms with Gasteiger partial charge in [0, 0.05) is 6.42 Å². The van der Waals surface area contributed by atoms with Crippen molar-refractivity contribution in [2.24, 2.45) is 0 Å². The standard InChI is InChI=1S/C24H34BN3O5/c1-22(2,3)31-21(30)28-14-17(29)12-19(28)20-26-13-18(27-20)15-8-10-16(11-9-15)25-32-23(4,5)24(6,7)33-25/h8-11,13,17,19,29H,12,14H2,1-7H3,(H,26,27)/t17?,19-/m0/s1. The number of nitrogens with zero attached hydrogens (tertiary/aromatic N) is 2. The summed E-state index contributed by atoms with van der Waals surface area (Å²) in [7, 11) is -0.413. The summed E-state index contributed by atoms with van der Waals surface area (Å²) >= 11 is 0. The van der Waals surface area contributed by atoms with Crippen molar-refractivity contribution < 1.29 is 23.9 Å². The Hall–Kier alpha value is -2.36. The van der Waals surface area contributed by atoms with Gasteiger partial charge < -0.3 is 24.1 Å². The average Bonchev–Trinajstić information content (AvgIpc) is 3.37. The van der Waals surface area contributed by atoms with Crippen LogP contribution >= 0.6 is 0 Å². The molecule has 0 radical (unpaired) electrons. The summed E-state index contributed by atoms with van der Waals surface area (Å²) in [6.07, 6.45) is 1.09. The summed E-state index contributed by atoms with van der Waals surface area (Å²) in [6.45, 7) is 13.8. The Labute approximate surface area is 195 Å². The van der Waals surface area contributed by atoms with Gasteiger partial charge in [0.25, 0.3) is 0 Å². The Bertz CT molecular complexity index is 996. The lowest BCUT2D eigenvalue weighted by atomic mass is 9.79. The molecule has 1 aromatic heterocycles. The van der Waals surface area contributed by atoms with Crippen LogP contribution < -0.4 is 5.46 Å². The van der Waals surface area contributed by atoms with Gasteiger partial charge in [0.05, 0.1) is 41.8 Å². The van der Waals surface area contributed by atoms with E-state index in [9.17, 15) is 9.90 Å². The van der Waals surface area contributed by atoms with Crippen molar-refractivity contribution >= 4 is 18.7 Å². The first-order chi connectivity index (χ1) is 15.3. The van der Waals surface area contributed by atoms with Gasteiger partial charge in [-0.3, -0.25) is 4.90 Å². The molecule has 2 atom stereocenters. The number of aromatic nitrogens is 2. The van der Waals surface area contributed by atoms with E-state index in [-0.39, 0.29) is 23.8 Å². The summed E-state index contributed by atoms with van der Waals surface area (Å²) in [4.78, 5) is 22.0. The second-order valence-corrected chi connectivity index (χ2v) is 10.9. The third-order valence-electron chi connectivity index (χ3n) is 6.57. The van der Waals surface area contributed by atoms with Crippen molar-refractivity contribution in [1.29, 1.82) is 0 Å². The predicted octanol–water partition coefficient (Wildman–Crippen LogP) is 3.42. The molecule has 0 spiro atoms. The van der Waals surface area contributed by atoms with Gasteiger partial charge >= 0.3 is 13.2 Å². The highest BCUT2D eigenvalue weighted by atomic mass is 16.7. The van der Waals surface area contributed by atoms with Crippen LogP contribution in [-0.2, 0) is 14.0 Å². The molecule has 2 fully saturated rings. The minimum absolute atomic E-state index is 0.221. The molecule has 178 valence electrons. The number of ether oxygens (including phenoxy) is 1. The summed E-state index contributed by atoms with van der Waals surface area (Å²) in [6, 6.07) is 7.60. The molecule has 2 saturated heterocycles. The van der Waals surface area contributed by atoms with Gasteiger partial charge in [-0.25, -0.2) is 9.78 Å². The van der Waals surface area contributed by atoms with E-state index in [0.29, 0.717) is 12.2 Å². The Kier molecular flexibility index (Phi) is 5.87. The van der Waals surface area contributed by atoms with Crippen molar-refractivity contribution in [2.75, 3.05) is 6.54 Å². The number of nitrogens with one attached hydrogen (secondary N) is 1. The maximum Gasteiger partial charge on any atom is 0.494 e. The number of likely N-dealkylation sites (tertiary alicyclic amines) is 1. The molecule has 33 heavy (non-hydrogen) atoms. The van der Waals surface area contributed by atoms with Crippen LogP contribution in [0.15, 0.2) is 30.5 Å². The summed E-state index contributed by atoms with van der Waals surface area (Å²) in [5.41, 5.74) is 1.35. The summed E-state index contributed by atoms with van der Waals surface area (Å²) in [5, 5.41) is 10.2. The number of aromatic amines is 1. The Morgan fingerprint density at radius 2 is 1.79 bits per heavy atom. The predicted molar refractivity (Wildman–Crippen MR) is 126 cm³/mol. The first-order valence-corrected chi connectivity index (χ1v) is 11.4. The van der Waals surface area contributed by atoms with Crippen LogP contribution in [0.3, 0.4) is 0 Å². The third kappa shape index (κ3) is 4.81. The lowest BCUT2D eigenvalue weighted by Gasteiger charge is -2.32. The quantitative estimate of drug-likeness (QED) is 0.689. The third-order valence-corrected chi connectivity index (χ3v) is 6.57. The highest BCUT2D eigenvalue weighted by molar-refractivity contribution is 6.62. The number of imidazole rings is 1. The van der Waals surface area contributed by atoms with Crippen LogP contribution in [0, 0.1) is 0 Å². The lowest BCUT2D eigenvalue weighted by molar-refractivity contribution is 0.00578. The van der Waals surface area contributed by atoms with E-state index >= 15 is 0 Å². The highest BCUT2D eigenvalue weighted by Gasteiger charge is 2.51. The molecular formula is C24H34BN3O5. The average molecular weight is 455 g/mol. The molecule has 2 aliphatic rings. The van der Waals surface area contributed by atoms with E-state index in [1.807, 2.05) is 72.7 Å². The molecule has 0 saturated carbocycles. The normalized spacial score (nSPS) is 24.4. The molecule has 2 N–H and O–H groups in total. The van der Waals surface area contributed by atoms with Crippen molar-refractivity contribution in [3.05, 3.63) is 36.3 Å². The molecule has 0 bridgehead atoms. The van der Waals surface area contributed by atoms with Gasteiger partial charge in [-0.05, 0) is 59.5 Å². The molecule has 0 aliphatic carbocycles. The first-order valence-electron chi connectivity index (χ1n) is 11.4. The first kappa shape index (κ1) is 23.8. The van der Waals surface area contributed by atoms with Crippen molar-refractivity contribution in [3.8, 4) is 11.3 Å². The molecule has 1 unspecified atom stereocenters. The minimum Gasteiger partial charge on any atom is -0.444 e. The Morgan fingerprint density at radius 1 is 1.18 bits per heavy atom. The van der Waals surface area contributed by atoms with E-state index in [4.69, 9.17) is 14.0 Å². The van der Waals surface area contributed by atoms with E-state index in [0.717, 1.165) is 16.7 Å². The van der Waals surface area contributed by atoms with Gasteiger partial charge in [0.1, 0.15) is 11.4 Å². The second-order valence-electron chi connectivity index (χ2n) is 10.9. The fourth-order valence-corrected chi connectivity index (χ4v) is 4.05. The number of rotatable bonds is 3. The zero-order valence-electron chi connectivity index (χ0n) is 20.5. The number of aliphatic hydroxyl groups is 1. The van der Waals surface area contributed by atoms with Crippen molar-refractivity contribution in [2.45, 2.75) is 83.8 Å². The molecule has 8 nitrogen and oxygen atoms in total. The number of benzene rings is 1. The largest absolute Gasteiger partial charge is 0.494 e. The van der Waals surface area contributed by atoms with E-state index < -0.39 is 24.9 Å². The SMILES string of the molecule is CC(C)(C)OC(=O)N1CC(O)C[C@H]1c1ncc(-c2ccc(B3OC(C)(C)C(C)(C)O3)cc2)[nH]1. The van der Waals surface area contributed by atoms with Crippen LogP contribution in [0.4, 0.5) is 4.79 Å². The number of H-pyrrole nitrogens is 1. The van der Waals surface area contributed by atoms with Gasteiger partial charge in [-0.15, -0.1) is 0 Å². The Morgan fingerprint density at radius 3 is 2.36 bits per heavy atom. The molecule has 9 heteroatoms. The monoisotopic (exact) mass is 455 g/mol. The van der Waals surface area contributed by atoms with Crippen molar-refractivity contribution in [3.63, 3.8) is 0 Å². The topological polar surface area (TPSA) is 96.9 Å². The maximum absolute atomic E-state index is 12.6. The lowest BCUT2D eigenvalue weighted by Crippen LogP contribution is -2.41. The van der Waals surface area contributed by atoms with Gasteiger partial charge in [-0.2, -0.15) is 0 Å². The number of carbonyl (C=O) groups excluding carboxylic acids is 1. The van der Waals surface area contributed by atoms with E-state index in [2.05, 4.69) is 9.97 Å². The maximum atomic E-state index is 12.6. The van der Waals surface area contributed by atoms with Crippen LogP contribution in [0.5, 0.6) is 0 Å². The fraction of sp³-hybridized carbons (Fsp3) is 0.583. The molecule has 4 rings (SSSR count). The minimum atomic E-state index is -0.615.